The number of benzene rings is 2. The van der Waals surface area contributed by atoms with Crippen LogP contribution in [0.2, 0.25) is 0 Å². The summed E-state index contributed by atoms with van der Waals surface area (Å²) >= 11 is 0. The highest BCUT2D eigenvalue weighted by molar-refractivity contribution is 5.82. The molecule has 0 aliphatic carbocycles. The molecule has 2 aromatic carbocycles. The van der Waals surface area contributed by atoms with E-state index >= 15 is 0 Å². The number of fused-ring (bicyclic) bond motifs is 3. The van der Waals surface area contributed by atoms with Crippen LogP contribution in [-0.2, 0) is 21.9 Å². The van der Waals surface area contributed by atoms with Crippen molar-refractivity contribution in [3.8, 4) is 11.4 Å². The second-order valence-corrected chi connectivity index (χ2v) is 11.2. The average molecular weight is 416 g/mol. The van der Waals surface area contributed by atoms with Crippen molar-refractivity contribution in [3.63, 3.8) is 0 Å². The summed E-state index contributed by atoms with van der Waals surface area (Å²) in [4.78, 5) is 0. The molecule has 2 heteroatoms. The molecule has 164 valence electrons. The first kappa shape index (κ1) is 20.8. The number of rotatable bonds is 4. The van der Waals surface area contributed by atoms with Crippen LogP contribution in [0.4, 0.5) is 0 Å². The molecule has 0 fully saturated rings. The van der Waals surface area contributed by atoms with Crippen LogP contribution < -0.4 is 4.57 Å². The Morgan fingerprint density at radius 3 is 2.13 bits per heavy atom. The van der Waals surface area contributed by atoms with Gasteiger partial charge < -0.3 is 0 Å². The van der Waals surface area contributed by atoms with Gasteiger partial charge in [-0.2, -0.15) is 0 Å². The Balaban J connectivity index is 2.11. The summed E-state index contributed by atoms with van der Waals surface area (Å²) in [5.74, 6) is 1.44. The lowest BCUT2D eigenvalue weighted by molar-refractivity contribution is -0.748. The topological polar surface area (TPSA) is 8.81 Å². The fourth-order valence-electron chi connectivity index (χ4n) is 7.32. The summed E-state index contributed by atoms with van der Waals surface area (Å²) in [6.45, 7) is 19.5. The van der Waals surface area contributed by atoms with Gasteiger partial charge in [0.05, 0.1) is 5.56 Å². The second kappa shape index (κ2) is 6.24. The third-order valence-electron chi connectivity index (χ3n) is 9.84. The third-order valence-corrected chi connectivity index (χ3v) is 9.84. The molecule has 0 saturated carbocycles. The minimum absolute atomic E-state index is 0.0244. The normalized spacial score (nSPS) is 27.4. The van der Waals surface area contributed by atoms with E-state index in [1.807, 2.05) is 0 Å². The molecule has 0 N–H and O–H groups in total. The van der Waals surface area contributed by atoms with Crippen molar-refractivity contribution >= 4 is 11.0 Å². The van der Waals surface area contributed by atoms with Crippen LogP contribution in [0.5, 0.6) is 0 Å². The molecule has 1 aromatic heterocycles. The van der Waals surface area contributed by atoms with Crippen molar-refractivity contribution < 1.29 is 4.57 Å². The minimum Gasteiger partial charge on any atom is -0.217 e. The third kappa shape index (κ3) is 2.08. The molecule has 0 spiro atoms. The summed E-state index contributed by atoms with van der Waals surface area (Å²) in [7, 11) is 0. The molecule has 3 heterocycles. The smallest absolute Gasteiger partial charge is 0.217 e. The maximum Gasteiger partial charge on any atom is 0.291 e. The minimum atomic E-state index is -0.0372. The van der Waals surface area contributed by atoms with E-state index < -0.39 is 0 Å². The van der Waals surface area contributed by atoms with E-state index in [4.69, 9.17) is 0 Å². The monoisotopic (exact) mass is 415 g/mol. The van der Waals surface area contributed by atoms with Crippen molar-refractivity contribution in [2.24, 2.45) is 0 Å². The van der Waals surface area contributed by atoms with E-state index in [0.717, 1.165) is 12.8 Å². The summed E-state index contributed by atoms with van der Waals surface area (Å²) in [6.07, 6.45) is 4.68. The zero-order valence-corrected chi connectivity index (χ0v) is 20.8. The van der Waals surface area contributed by atoms with E-state index in [0.29, 0.717) is 0 Å². The lowest BCUT2D eigenvalue weighted by atomic mass is 9.56. The SMILES string of the molecule is CCCC1(CC)[n+]2c3n(c4ccccc42)C(C)(C)C(C)(C)c2cccc(c2-3)C1(C)CC. The molecule has 0 saturated heterocycles. The molecule has 0 bridgehead atoms. The number of nitrogens with zero attached hydrogens (tertiary/aromatic N) is 2. The van der Waals surface area contributed by atoms with E-state index in [1.165, 1.54) is 40.8 Å². The predicted molar refractivity (Wildman–Crippen MR) is 131 cm³/mol. The van der Waals surface area contributed by atoms with Gasteiger partial charge in [-0.05, 0) is 56.4 Å². The summed E-state index contributed by atoms with van der Waals surface area (Å²) in [5.41, 5.74) is 7.51. The van der Waals surface area contributed by atoms with Crippen molar-refractivity contribution in [1.29, 1.82) is 0 Å². The highest BCUT2D eigenvalue weighted by Gasteiger charge is 2.63. The van der Waals surface area contributed by atoms with Crippen LogP contribution >= 0.6 is 0 Å². The zero-order valence-electron chi connectivity index (χ0n) is 20.8. The van der Waals surface area contributed by atoms with Crippen molar-refractivity contribution in [2.75, 3.05) is 0 Å². The summed E-state index contributed by atoms with van der Waals surface area (Å²) in [5, 5.41) is 0. The number of hydrogen-bond acceptors (Lipinski definition) is 0. The molecule has 0 radical (unpaired) electrons. The van der Waals surface area contributed by atoms with Gasteiger partial charge in [-0.25, -0.2) is 9.13 Å². The van der Waals surface area contributed by atoms with Gasteiger partial charge >= 0.3 is 0 Å². The van der Waals surface area contributed by atoms with E-state index in [2.05, 4.69) is 107 Å². The molecular weight excluding hydrogens is 376 g/mol. The van der Waals surface area contributed by atoms with E-state index in [9.17, 15) is 0 Å². The van der Waals surface area contributed by atoms with Crippen LogP contribution in [0.25, 0.3) is 22.4 Å². The zero-order chi connectivity index (χ0) is 22.4. The van der Waals surface area contributed by atoms with Crippen LogP contribution in [0.15, 0.2) is 42.5 Å². The van der Waals surface area contributed by atoms with Gasteiger partial charge in [0.15, 0.2) is 11.0 Å². The number of para-hydroxylation sites is 2. The molecule has 2 nitrogen and oxygen atoms in total. The van der Waals surface area contributed by atoms with Gasteiger partial charge in [0, 0.05) is 10.8 Å². The first-order chi connectivity index (χ1) is 14.6. The molecule has 0 amide bonds. The Morgan fingerprint density at radius 2 is 1.48 bits per heavy atom. The van der Waals surface area contributed by atoms with E-state index in [-0.39, 0.29) is 21.9 Å². The maximum atomic E-state index is 2.80. The van der Waals surface area contributed by atoms with Gasteiger partial charge in [0.25, 0.3) is 5.82 Å². The first-order valence-corrected chi connectivity index (χ1v) is 12.3. The van der Waals surface area contributed by atoms with E-state index in [1.54, 1.807) is 5.56 Å². The lowest BCUT2D eigenvalue weighted by Gasteiger charge is -2.53. The van der Waals surface area contributed by atoms with Crippen molar-refractivity contribution in [1.82, 2.24) is 4.57 Å². The molecule has 31 heavy (non-hydrogen) atoms. The molecule has 2 aliphatic rings. The average Bonchev–Trinajstić information content (AvgIpc) is 3.11. The highest BCUT2D eigenvalue weighted by Crippen LogP contribution is 2.59. The standard InChI is InChI=1S/C29H39N2/c1-9-19-29(11-3)28(8,10-2)21-16-14-15-20-24(21)25-30(27(6,7)26(20,4)5)22-17-12-13-18-23(22)31(25)29/h12-18H,9-11,19H2,1-8H3/q+1. The number of aromatic nitrogens is 2. The van der Waals surface area contributed by atoms with Crippen LogP contribution in [0.1, 0.15) is 92.2 Å². The van der Waals surface area contributed by atoms with Gasteiger partial charge in [-0.3, -0.25) is 0 Å². The fraction of sp³-hybridized carbons (Fsp3) is 0.552. The molecule has 2 atom stereocenters. The molecule has 3 aromatic rings. The molecule has 2 aliphatic heterocycles. The second-order valence-electron chi connectivity index (χ2n) is 11.2. The Labute approximate surface area is 188 Å². The Morgan fingerprint density at radius 1 is 0.806 bits per heavy atom. The summed E-state index contributed by atoms with van der Waals surface area (Å²) < 4.78 is 5.50. The van der Waals surface area contributed by atoms with Crippen LogP contribution in [0, 0.1) is 0 Å². The Kier molecular flexibility index (Phi) is 4.19. The molecular formula is C29H39N2+. The highest BCUT2D eigenvalue weighted by atomic mass is 15.3. The van der Waals surface area contributed by atoms with Crippen molar-refractivity contribution in [2.45, 2.75) is 103 Å². The van der Waals surface area contributed by atoms with Gasteiger partial charge in [-0.15, -0.1) is 0 Å². The Hall–Kier alpha value is -2.09. The van der Waals surface area contributed by atoms with Gasteiger partial charge in [0.1, 0.15) is 11.1 Å². The quantitative estimate of drug-likeness (QED) is 0.398. The Bertz CT molecular complexity index is 1190. The molecule has 2 unspecified atom stereocenters. The van der Waals surface area contributed by atoms with Gasteiger partial charge in [-0.1, -0.05) is 78.3 Å². The largest absolute Gasteiger partial charge is 0.291 e. The first-order valence-electron chi connectivity index (χ1n) is 12.3. The maximum absolute atomic E-state index is 2.80. The summed E-state index contributed by atoms with van der Waals surface area (Å²) in [6, 6.07) is 16.3. The molecule has 5 rings (SSSR count). The lowest BCUT2D eigenvalue weighted by Crippen LogP contribution is -2.70. The predicted octanol–water partition coefficient (Wildman–Crippen LogP) is 7.21. The van der Waals surface area contributed by atoms with Gasteiger partial charge in [0.2, 0.25) is 0 Å². The fourth-order valence-corrected chi connectivity index (χ4v) is 7.32. The van der Waals surface area contributed by atoms with Crippen LogP contribution in [-0.4, -0.2) is 4.57 Å². The van der Waals surface area contributed by atoms with Crippen molar-refractivity contribution in [3.05, 3.63) is 53.6 Å². The number of imidazole rings is 1. The van der Waals surface area contributed by atoms with Crippen LogP contribution in [0.3, 0.4) is 0 Å². The number of hydrogen-bond donors (Lipinski definition) is 0.